The second-order valence-corrected chi connectivity index (χ2v) is 5.97. The highest BCUT2D eigenvalue weighted by Crippen LogP contribution is 2.21. The zero-order valence-electron chi connectivity index (χ0n) is 15.2. The van der Waals surface area contributed by atoms with E-state index in [1.807, 2.05) is 18.2 Å². The van der Waals surface area contributed by atoms with Gasteiger partial charge >= 0.3 is 5.97 Å². The van der Waals surface area contributed by atoms with E-state index in [1.54, 1.807) is 18.2 Å². The lowest BCUT2D eigenvalue weighted by atomic mass is 10.1. The molecule has 1 heterocycles. The Bertz CT molecular complexity index is 884. The van der Waals surface area contributed by atoms with Crippen molar-refractivity contribution in [3.8, 4) is 0 Å². The normalized spacial score (nSPS) is 10.3. The van der Waals surface area contributed by atoms with E-state index in [0.717, 1.165) is 25.2 Å². The number of carbonyl (C=O) groups is 1. The monoisotopic (exact) mass is 362 g/mol. The van der Waals surface area contributed by atoms with Gasteiger partial charge < -0.3 is 15.4 Å². The first-order chi connectivity index (χ1) is 13.3. The molecule has 0 atom stereocenters. The molecule has 0 aliphatic carbocycles. The van der Waals surface area contributed by atoms with Gasteiger partial charge in [0, 0.05) is 12.6 Å². The fraction of sp³-hybridized carbons (Fsp3) is 0.190. The number of para-hydroxylation sites is 1. The molecule has 0 amide bonds. The minimum absolute atomic E-state index is 0.397. The van der Waals surface area contributed by atoms with Gasteiger partial charge in [0.15, 0.2) is 0 Å². The van der Waals surface area contributed by atoms with Crippen LogP contribution in [0.15, 0.2) is 67.0 Å². The Labute approximate surface area is 158 Å². The molecule has 27 heavy (non-hydrogen) atoms. The first kappa shape index (κ1) is 18.4. The Hall–Kier alpha value is -3.41. The maximum absolute atomic E-state index is 11.9. The third-order valence-electron chi connectivity index (χ3n) is 4.05. The van der Waals surface area contributed by atoms with Crippen LogP contribution in [0.2, 0.25) is 0 Å². The summed E-state index contributed by atoms with van der Waals surface area (Å²) in [5.41, 5.74) is 2.41. The van der Waals surface area contributed by atoms with Crippen LogP contribution in [0.4, 0.5) is 17.3 Å². The van der Waals surface area contributed by atoms with Gasteiger partial charge in [0.05, 0.1) is 18.4 Å². The summed E-state index contributed by atoms with van der Waals surface area (Å²) < 4.78 is 4.82. The quantitative estimate of drug-likeness (QED) is 0.465. The SMILES string of the molecule is COC(=O)c1ccccc1Nc1cc(NCCCc2ccccc2)ncn1. The summed E-state index contributed by atoms with van der Waals surface area (Å²) in [6.07, 6.45) is 3.50. The summed E-state index contributed by atoms with van der Waals surface area (Å²) in [6.45, 7) is 0.810. The molecule has 0 aliphatic heterocycles. The van der Waals surface area contributed by atoms with E-state index in [9.17, 15) is 4.79 Å². The molecule has 0 unspecified atom stereocenters. The summed E-state index contributed by atoms with van der Waals surface area (Å²) in [4.78, 5) is 20.3. The smallest absolute Gasteiger partial charge is 0.339 e. The van der Waals surface area contributed by atoms with Crippen molar-refractivity contribution in [1.29, 1.82) is 0 Å². The number of hydrogen-bond donors (Lipinski definition) is 2. The summed E-state index contributed by atoms with van der Waals surface area (Å²) in [6, 6.07) is 19.4. The molecule has 138 valence electrons. The minimum Gasteiger partial charge on any atom is -0.465 e. The predicted molar refractivity (Wildman–Crippen MR) is 106 cm³/mol. The lowest BCUT2D eigenvalue weighted by Gasteiger charge is -2.11. The number of hydrogen-bond acceptors (Lipinski definition) is 6. The zero-order valence-corrected chi connectivity index (χ0v) is 15.2. The predicted octanol–water partition coefficient (Wildman–Crippen LogP) is 4.05. The molecule has 6 nitrogen and oxygen atoms in total. The molecule has 1 aromatic heterocycles. The minimum atomic E-state index is -0.397. The molecule has 0 fully saturated rings. The van der Waals surface area contributed by atoms with Crippen molar-refractivity contribution in [2.24, 2.45) is 0 Å². The van der Waals surface area contributed by atoms with E-state index in [1.165, 1.54) is 19.0 Å². The second kappa shape index (κ2) is 9.33. The molecule has 0 radical (unpaired) electrons. The number of aryl methyl sites for hydroxylation is 1. The largest absolute Gasteiger partial charge is 0.465 e. The van der Waals surface area contributed by atoms with Crippen LogP contribution in [0.1, 0.15) is 22.3 Å². The van der Waals surface area contributed by atoms with Crippen LogP contribution in [0.5, 0.6) is 0 Å². The van der Waals surface area contributed by atoms with Gasteiger partial charge in [-0.2, -0.15) is 0 Å². The van der Waals surface area contributed by atoms with Crippen molar-refractivity contribution in [2.75, 3.05) is 24.3 Å². The average molecular weight is 362 g/mol. The Balaban J connectivity index is 1.58. The molecule has 0 spiro atoms. The van der Waals surface area contributed by atoms with Crippen molar-refractivity contribution in [3.63, 3.8) is 0 Å². The summed E-state index contributed by atoms with van der Waals surface area (Å²) in [5.74, 6) is 0.939. The Kier molecular flexibility index (Phi) is 6.35. The van der Waals surface area contributed by atoms with Crippen LogP contribution < -0.4 is 10.6 Å². The van der Waals surface area contributed by atoms with Crippen LogP contribution >= 0.6 is 0 Å². The van der Waals surface area contributed by atoms with Crippen LogP contribution in [0, 0.1) is 0 Å². The van der Waals surface area contributed by atoms with Crippen LogP contribution in [0.25, 0.3) is 0 Å². The maximum Gasteiger partial charge on any atom is 0.339 e. The molecule has 2 aromatic carbocycles. The number of nitrogens with zero attached hydrogens (tertiary/aromatic N) is 2. The van der Waals surface area contributed by atoms with E-state index in [2.05, 4.69) is 44.9 Å². The Morgan fingerprint density at radius 3 is 2.56 bits per heavy atom. The third-order valence-corrected chi connectivity index (χ3v) is 4.05. The standard InChI is InChI=1S/C21H22N4O2/c1-27-21(26)17-11-5-6-12-18(17)25-20-14-19(23-15-24-20)22-13-7-10-16-8-3-2-4-9-16/h2-6,8-9,11-12,14-15H,7,10,13H2,1H3,(H2,22,23,24,25). The fourth-order valence-corrected chi connectivity index (χ4v) is 2.69. The fourth-order valence-electron chi connectivity index (χ4n) is 2.69. The maximum atomic E-state index is 11.9. The van der Waals surface area contributed by atoms with Crippen LogP contribution in [0.3, 0.4) is 0 Å². The van der Waals surface area contributed by atoms with Crippen LogP contribution in [-0.4, -0.2) is 29.6 Å². The highest BCUT2D eigenvalue weighted by atomic mass is 16.5. The van der Waals surface area contributed by atoms with Gasteiger partial charge in [-0.1, -0.05) is 42.5 Å². The Morgan fingerprint density at radius 2 is 1.74 bits per heavy atom. The van der Waals surface area contributed by atoms with Crippen molar-refractivity contribution in [1.82, 2.24) is 9.97 Å². The van der Waals surface area contributed by atoms with Crippen molar-refractivity contribution in [3.05, 3.63) is 78.1 Å². The summed E-state index contributed by atoms with van der Waals surface area (Å²) >= 11 is 0. The lowest BCUT2D eigenvalue weighted by molar-refractivity contribution is 0.0602. The van der Waals surface area contributed by atoms with Gasteiger partial charge in [-0.25, -0.2) is 14.8 Å². The molecular formula is C21H22N4O2. The average Bonchev–Trinajstić information content (AvgIpc) is 2.72. The van der Waals surface area contributed by atoms with Crippen molar-refractivity contribution >= 4 is 23.3 Å². The molecule has 0 bridgehead atoms. The number of rotatable bonds is 8. The molecule has 6 heteroatoms. The first-order valence-corrected chi connectivity index (χ1v) is 8.80. The number of benzene rings is 2. The number of anilines is 3. The molecule has 0 saturated heterocycles. The van der Waals surface area contributed by atoms with E-state index in [4.69, 9.17) is 4.74 Å². The van der Waals surface area contributed by atoms with Crippen LogP contribution in [-0.2, 0) is 11.2 Å². The summed E-state index contributed by atoms with van der Waals surface area (Å²) in [5, 5.41) is 6.46. The van der Waals surface area contributed by atoms with Gasteiger partial charge in [-0.05, 0) is 30.5 Å². The number of aromatic nitrogens is 2. The molecule has 3 rings (SSSR count). The van der Waals surface area contributed by atoms with Gasteiger partial charge in [0.1, 0.15) is 18.0 Å². The number of methoxy groups -OCH3 is 1. The number of carbonyl (C=O) groups excluding carboxylic acids is 1. The molecular weight excluding hydrogens is 340 g/mol. The zero-order chi connectivity index (χ0) is 18.9. The van der Waals surface area contributed by atoms with Crippen molar-refractivity contribution < 1.29 is 9.53 Å². The summed E-state index contributed by atoms with van der Waals surface area (Å²) in [7, 11) is 1.36. The highest BCUT2D eigenvalue weighted by Gasteiger charge is 2.11. The molecule has 0 aliphatic rings. The molecule has 3 aromatic rings. The first-order valence-electron chi connectivity index (χ1n) is 8.80. The second-order valence-electron chi connectivity index (χ2n) is 5.97. The highest BCUT2D eigenvalue weighted by molar-refractivity contribution is 5.96. The number of esters is 1. The lowest BCUT2D eigenvalue weighted by Crippen LogP contribution is -2.08. The van der Waals surface area contributed by atoms with Gasteiger partial charge in [0.2, 0.25) is 0 Å². The molecule has 2 N–H and O–H groups in total. The van der Waals surface area contributed by atoms with E-state index >= 15 is 0 Å². The number of ether oxygens (including phenoxy) is 1. The van der Waals surface area contributed by atoms with E-state index in [0.29, 0.717) is 17.1 Å². The molecule has 0 saturated carbocycles. The third kappa shape index (κ3) is 5.28. The van der Waals surface area contributed by atoms with E-state index < -0.39 is 5.97 Å². The van der Waals surface area contributed by atoms with E-state index in [-0.39, 0.29) is 0 Å². The van der Waals surface area contributed by atoms with Gasteiger partial charge in [-0.15, -0.1) is 0 Å². The Morgan fingerprint density at radius 1 is 1.00 bits per heavy atom. The van der Waals surface area contributed by atoms with Gasteiger partial charge in [0.25, 0.3) is 0 Å². The van der Waals surface area contributed by atoms with Gasteiger partial charge in [-0.3, -0.25) is 0 Å². The number of nitrogens with one attached hydrogen (secondary N) is 2. The van der Waals surface area contributed by atoms with Crippen molar-refractivity contribution in [2.45, 2.75) is 12.8 Å². The topological polar surface area (TPSA) is 76.1 Å².